The van der Waals surface area contributed by atoms with Crippen molar-refractivity contribution in [2.24, 2.45) is 0 Å². The van der Waals surface area contributed by atoms with Crippen molar-refractivity contribution in [1.29, 1.82) is 0 Å². The van der Waals surface area contributed by atoms with Crippen molar-refractivity contribution in [1.82, 2.24) is 15.0 Å². The van der Waals surface area contributed by atoms with Gasteiger partial charge in [0, 0.05) is 5.56 Å². The zero-order chi connectivity index (χ0) is 16.1. The molecule has 2 aromatic rings. The Morgan fingerprint density at radius 1 is 1.41 bits per heavy atom. The fraction of sp³-hybridized carbons (Fsp3) is 0.286. The predicted molar refractivity (Wildman–Crippen MR) is 75.7 cm³/mol. The number of aryl methyl sites for hydroxylation is 1. The molecule has 0 unspecified atom stereocenters. The van der Waals surface area contributed by atoms with E-state index in [1.165, 1.54) is 24.4 Å². The van der Waals surface area contributed by atoms with Crippen molar-refractivity contribution in [3.8, 4) is 0 Å². The molecule has 1 aromatic carbocycles. The monoisotopic (exact) mass is 306 g/mol. The summed E-state index contributed by atoms with van der Waals surface area (Å²) in [6, 6.07) is 4.04. The van der Waals surface area contributed by atoms with Crippen molar-refractivity contribution >= 4 is 17.7 Å². The summed E-state index contributed by atoms with van der Waals surface area (Å²) >= 11 is 0. The van der Waals surface area contributed by atoms with Gasteiger partial charge in [-0.2, -0.15) is 9.90 Å². The van der Waals surface area contributed by atoms with E-state index < -0.39 is 11.9 Å². The van der Waals surface area contributed by atoms with Crippen molar-refractivity contribution in [2.45, 2.75) is 20.4 Å². The number of anilines is 1. The highest BCUT2D eigenvalue weighted by Gasteiger charge is 2.11. The number of halogens is 1. The van der Waals surface area contributed by atoms with Gasteiger partial charge in [0.15, 0.2) is 12.4 Å². The van der Waals surface area contributed by atoms with Gasteiger partial charge in [0.1, 0.15) is 5.82 Å². The second kappa shape index (κ2) is 6.79. The van der Waals surface area contributed by atoms with Crippen LogP contribution >= 0.6 is 0 Å². The van der Waals surface area contributed by atoms with Crippen LogP contribution in [0, 0.1) is 12.7 Å². The molecule has 0 aliphatic rings. The molecule has 0 saturated carbocycles. The second-order valence-corrected chi connectivity index (χ2v) is 4.48. The molecule has 0 saturated heterocycles. The Bertz CT molecular complexity index is 699. The van der Waals surface area contributed by atoms with Gasteiger partial charge in [-0.15, -0.1) is 5.10 Å². The van der Waals surface area contributed by atoms with Crippen LogP contribution in [-0.4, -0.2) is 33.5 Å². The fourth-order valence-corrected chi connectivity index (χ4v) is 1.73. The summed E-state index contributed by atoms with van der Waals surface area (Å²) in [4.78, 5) is 24.4. The zero-order valence-corrected chi connectivity index (χ0v) is 12.2. The topological polar surface area (TPSA) is 86.1 Å². The Kier molecular flexibility index (Phi) is 4.82. The lowest BCUT2D eigenvalue weighted by atomic mass is 10.1. The van der Waals surface area contributed by atoms with Crippen molar-refractivity contribution in [3.63, 3.8) is 0 Å². The van der Waals surface area contributed by atoms with Gasteiger partial charge < -0.3 is 10.1 Å². The maximum atomic E-state index is 13.2. The first-order chi connectivity index (χ1) is 10.5. The van der Waals surface area contributed by atoms with Crippen LogP contribution in [0.5, 0.6) is 0 Å². The van der Waals surface area contributed by atoms with Crippen LogP contribution < -0.4 is 5.32 Å². The Balaban J connectivity index is 2.01. The van der Waals surface area contributed by atoms with Gasteiger partial charge >= 0.3 is 5.97 Å². The number of hydrogen-bond donors (Lipinski definition) is 1. The maximum Gasteiger partial charge on any atom is 0.329 e. The second-order valence-electron chi connectivity index (χ2n) is 4.48. The summed E-state index contributed by atoms with van der Waals surface area (Å²) in [6.45, 7) is 3.40. The zero-order valence-electron chi connectivity index (χ0n) is 12.2. The van der Waals surface area contributed by atoms with Gasteiger partial charge in [-0.1, -0.05) is 0 Å². The highest BCUT2D eigenvalue weighted by atomic mass is 19.1. The number of carbonyl (C=O) groups excluding carboxylic acids is 2. The molecule has 0 aliphatic heterocycles. The molecule has 1 heterocycles. The minimum atomic E-state index is -0.467. The van der Waals surface area contributed by atoms with Crippen LogP contribution in [-0.2, 0) is 16.1 Å². The highest BCUT2D eigenvalue weighted by Crippen LogP contribution is 2.11. The van der Waals surface area contributed by atoms with Crippen LogP contribution in [0.4, 0.5) is 10.2 Å². The number of aromatic nitrogens is 3. The molecule has 0 radical (unpaired) electrons. The van der Waals surface area contributed by atoms with Gasteiger partial charge in [0.2, 0.25) is 0 Å². The molecule has 1 N–H and O–H groups in total. The molecule has 1 aromatic heterocycles. The van der Waals surface area contributed by atoms with Crippen molar-refractivity contribution in [2.75, 3.05) is 11.9 Å². The molecular weight excluding hydrogens is 291 g/mol. The smallest absolute Gasteiger partial charge is 0.329 e. The summed E-state index contributed by atoms with van der Waals surface area (Å²) in [7, 11) is 0. The number of hydrogen-bond acceptors (Lipinski definition) is 5. The lowest BCUT2D eigenvalue weighted by Gasteiger charge is -2.03. The van der Waals surface area contributed by atoms with Crippen LogP contribution in [0.3, 0.4) is 0 Å². The summed E-state index contributed by atoms with van der Waals surface area (Å²) in [6.07, 6.45) is 1.31. The van der Waals surface area contributed by atoms with Crippen molar-refractivity contribution in [3.05, 3.63) is 41.3 Å². The largest absolute Gasteiger partial charge is 0.465 e. The average molecular weight is 306 g/mol. The van der Waals surface area contributed by atoms with E-state index in [2.05, 4.69) is 15.5 Å². The van der Waals surface area contributed by atoms with E-state index in [4.69, 9.17) is 4.74 Å². The Morgan fingerprint density at radius 2 is 2.18 bits per heavy atom. The van der Waals surface area contributed by atoms with E-state index in [1.807, 2.05) is 0 Å². The van der Waals surface area contributed by atoms with Gasteiger partial charge in [-0.05, 0) is 37.6 Å². The predicted octanol–water partition coefficient (Wildman–Crippen LogP) is 1.54. The Hall–Kier alpha value is -2.77. The standard InChI is InChI=1S/C14H15FN4O3/c1-3-22-13(20)8-19-16-7-12(18-19)17-14(21)10-4-5-11(15)9(2)6-10/h4-7H,3,8H2,1-2H3,(H,17,18,21). The lowest BCUT2D eigenvalue weighted by molar-refractivity contribution is -0.144. The van der Waals surface area contributed by atoms with Crippen molar-refractivity contribution < 1.29 is 18.7 Å². The molecular formula is C14H15FN4O3. The first-order valence-electron chi connectivity index (χ1n) is 6.63. The summed E-state index contributed by atoms with van der Waals surface area (Å²) in [5.74, 6) is -1.09. The minimum Gasteiger partial charge on any atom is -0.465 e. The molecule has 0 aliphatic carbocycles. The van der Waals surface area contributed by atoms with Gasteiger partial charge in [0.05, 0.1) is 12.8 Å². The van der Waals surface area contributed by atoms with Gasteiger partial charge in [-0.3, -0.25) is 4.79 Å². The molecule has 22 heavy (non-hydrogen) atoms. The molecule has 1 amide bonds. The third-order valence-corrected chi connectivity index (χ3v) is 2.77. The molecule has 8 heteroatoms. The third-order valence-electron chi connectivity index (χ3n) is 2.77. The fourth-order valence-electron chi connectivity index (χ4n) is 1.73. The molecule has 0 spiro atoms. The average Bonchev–Trinajstić information content (AvgIpc) is 2.89. The number of ether oxygens (including phenoxy) is 1. The number of nitrogens with one attached hydrogen (secondary N) is 1. The number of carbonyl (C=O) groups is 2. The first kappa shape index (κ1) is 15.6. The Morgan fingerprint density at radius 3 is 2.86 bits per heavy atom. The molecule has 0 atom stereocenters. The van der Waals surface area contributed by atoms with Crippen LogP contribution in [0.2, 0.25) is 0 Å². The number of esters is 1. The highest BCUT2D eigenvalue weighted by molar-refractivity contribution is 6.03. The Labute approximate surface area is 126 Å². The normalized spacial score (nSPS) is 10.3. The first-order valence-corrected chi connectivity index (χ1v) is 6.63. The lowest BCUT2D eigenvalue weighted by Crippen LogP contribution is -2.16. The summed E-state index contributed by atoms with van der Waals surface area (Å²) in [5, 5.41) is 10.3. The molecule has 116 valence electrons. The maximum absolute atomic E-state index is 13.2. The van der Waals surface area contributed by atoms with Gasteiger partial charge in [-0.25, -0.2) is 9.18 Å². The molecule has 7 nitrogen and oxygen atoms in total. The van der Waals surface area contributed by atoms with E-state index in [9.17, 15) is 14.0 Å². The van der Waals surface area contributed by atoms with E-state index in [-0.39, 0.29) is 24.8 Å². The summed E-state index contributed by atoms with van der Waals surface area (Å²) in [5.41, 5.74) is 0.678. The number of rotatable bonds is 5. The SMILES string of the molecule is CCOC(=O)Cn1ncc(NC(=O)c2ccc(F)c(C)c2)n1. The molecule has 0 bridgehead atoms. The minimum absolute atomic E-state index is 0.140. The number of benzene rings is 1. The van der Waals surface area contributed by atoms with E-state index in [0.717, 1.165) is 4.80 Å². The third kappa shape index (κ3) is 3.87. The van der Waals surface area contributed by atoms with E-state index >= 15 is 0 Å². The summed E-state index contributed by atoms with van der Waals surface area (Å²) < 4.78 is 17.9. The van der Waals surface area contributed by atoms with Crippen LogP contribution in [0.15, 0.2) is 24.4 Å². The van der Waals surface area contributed by atoms with E-state index in [0.29, 0.717) is 11.1 Å². The molecule has 2 rings (SSSR count). The number of amides is 1. The van der Waals surface area contributed by atoms with Crippen LogP contribution in [0.1, 0.15) is 22.8 Å². The number of nitrogens with zero attached hydrogens (tertiary/aromatic N) is 3. The van der Waals surface area contributed by atoms with E-state index in [1.54, 1.807) is 13.8 Å². The van der Waals surface area contributed by atoms with Gasteiger partial charge in [0.25, 0.3) is 5.91 Å². The quantitative estimate of drug-likeness (QED) is 0.847. The molecule has 0 fully saturated rings. The van der Waals surface area contributed by atoms with Crippen LogP contribution in [0.25, 0.3) is 0 Å².